The number of hydrogen-bond donors (Lipinski definition) is 0. The van der Waals surface area contributed by atoms with E-state index in [1.165, 1.54) is 12.8 Å². The van der Waals surface area contributed by atoms with Crippen molar-refractivity contribution in [3.05, 3.63) is 18.6 Å². The average Bonchev–Trinajstić information content (AvgIpc) is 3.03. The van der Waals surface area contributed by atoms with Gasteiger partial charge in [0.05, 0.1) is 6.20 Å². The molecule has 0 radical (unpaired) electrons. The van der Waals surface area contributed by atoms with Gasteiger partial charge in [0, 0.05) is 13.1 Å². The first kappa shape index (κ1) is 14.0. The number of nitrogens with zero attached hydrogens (tertiary/aromatic N) is 4. The first-order valence-corrected chi connectivity index (χ1v) is 7.72. The van der Waals surface area contributed by atoms with E-state index >= 15 is 0 Å². The predicted octanol–water partition coefficient (Wildman–Crippen LogP) is 2.62. The molecule has 0 saturated heterocycles. The van der Waals surface area contributed by atoms with Gasteiger partial charge in [-0.05, 0) is 25.3 Å². The Bertz CT molecular complexity index is 565. The van der Waals surface area contributed by atoms with Gasteiger partial charge >= 0.3 is 0 Å². The maximum absolute atomic E-state index is 12.6. The van der Waals surface area contributed by atoms with Gasteiger partial charge in [-0.2, -0.15) is 0 Å². The van der Waals surface area contributed by atoms with Crippen molar-refractivity contribution in [2.45, 2.75) is 51.1 Å². The van der Waals surface area contributed by atoms with Gasteiger partial charge in [0.1, 0.15) is 11.7 Å². The molecule has 1 aliphatic carbocycles. The van der Waals surface area contributed by atoms with E-state index in [1.807, 2.05) is 7.05 Å². The lowest BCUT2D eigenvalue weighted by atomic mass is 10.0. The smallest absolute Gasteiger partial charge is 0.249 e. The lowest BCUT2D eigenvalue weighted by molar-refractivity contribution is -0.120. The van der Waals surface area contributed by atoms with Gasteiger partial charge in [-0.1, -0.05) is 26.3 Å². The van der Waals surface area contributed by atoms with E-state index < -0.39 is 0 Å². The van der Waals surface area contributed by atoms with Crippen LogP contribution in [0.1, 0.15) is 44.9 Å². The van der Waals surface area contributed by atoms with Crippen LogP contribution in [0.15, 0.2) is 12.8 Å². The molecule has 21 heavy (non-hydrogen) atoms. The van der Waals surface area contributed by atoms with Gasteiger partial charge in [-0.25, -0.2) is 9.97 Å². The minimum absolute atomic E-state index is 0.113. The number of hydrogen-bond acceptors (Lipinski definition) is 4. The fourth-order valence-corrected chi connectivity index (χ4v) is 3.49. The molecule has 2 aliphatic rings. The Morgan fingerprint density at radius 3 is 2.76 bits per heavy atom. The van der Waals surface area contributed by atoms with Gasteiger partial charge in [0.2, 0.25) is 5.91 Å². The summed E-state index contributed by atoms with van der Waals surface area (Å²) in [6, 6.07) is 0.303. The predicted molar refractivity (Wildman–Crippen MR) is 84.3 cm³/mol. The van der Waals surface area contributed by atoms with Gasteiger partial charge in [-0.3, -0.25) is 4.79 Å². The zero-order valence-electron chi connectivity index (χ0n) is 12.7. The number of likely N-dealkylation sites (N-methyl/N-ethyl adjacent to an activating group) is 1. The lowest BCUT2D eigenvalue weighted by Crippen LogP contribution is -2.55. The molecule has 0 bridgehead atoms. The number of carbonyl (C=O) groups excluding carboxylic acids is 1. The third-order valence-electron chi connectivity index (χ3n) is 4.61. The molecule has 5 heteroatoms. The Balaban J connectivity index is 2.12. The van der Waals surface area contributed by atoms with E-state index in [9.17, 15) is 4.79 Å². The second-order valence-corrected chi connectivity index (χ2v) is 5.81. The molecular weight excluding hydrogens is 264 g/mol. The van der Waals surface area contributed by atoms with Crippen LogP contribution in [-0.4, -0.2) is 35.0 Å². The molecule has 5 nitrogen and oxygen atoms in total. The van der Waals surface area contributed by atoms with E-state index in [2.05, 4.69) is 28.4 Å². The van der Waals surface area contributed by atoms with Crippen molar-refractivity contribution in [1.29, 1.82) is 0 Å². The molecule has 0 N–H and O–H groups in total. The van der Waals surface area contributed by atoms with Crippen LogP contribution in [0.4, 0.5) is 11.5 Å². The fourth-order valence-electron chi connectivity index (χ4n) is 3.49. The van der Waals surface area contributed by atoms with Crippen molar-refractivity contribution < 1.29 is 4.79 Å². The van der Waals surface area contributed by atoms with Gasteiger partial charge < -0.3 is 9.80 Å². The summed E-state index contributed by atoms with van der Waals surface area (Å²) in [5.74, 6) is 1.65. The summed E-state index contributed by atoms with van der Waals surface area (Å²) >= 11 is 0. The highest BCUT2D eigenvalue weighted by molar-refractivity contribution is 6.04. The van der Waals surface area contributed by atoms with Crippen molar-refractivity contribution in [2.75, 3.05) is 16.8 Å². The quantitative estimate of drug-likeness (QED) is 0.857. The fraction of sp³-hybridized carbons (Fsp3) is 0.562. The van der Waals surface area contributed by atoms with Crippen LogP contribution in [0.2, 0.25) is 0 Å². The summed E-state index contributed by atoms with van der Waals surface area (Å²) in [5.41, 5.74) is 0.808. The highest BCUT2D eigenvalue weighted by atomic mass is 16.2. The highest BCUT2D eigenvalue weighted by Crippen LogP contribution is 2.39. The van der Waals surface area contributed by atoms with Crippen molar-refractivity contribution in [2.24, 2.45) is 0 Å². The van der Waals surface area contributed by atoms with Crippen molar-refractivity contribution in [1.82, 2.24) is 9.97 Å². The third kappa shape index (κ3) is 2.20. The summed E-state index contributed by atoms with van der Waals surface area (Å²) in [5, 5.41) is 0. The molecule has 1 atom stereocenters. The van der Waals surface area contributed by atoms with Crippen LogP contribution in [-0.2, 0) is 4.79 Å². The second-order valence-electron chi connectivity index (χ2n) is 5.81. The van der Waals surface area contributed by atoms with Gasteiger partial charge in [0.15, 0.2) is 11.6 Å². The third-order valence-corrected chi connectivity index (χ3v) is 4.61. The van der Waals surface area contributed by atoms with Crippen molar-refractivity contribution in [3.8, 4) is 0 Å². The summed E-state index contributed by atoms with van der Waals surface area (Å²) in [6.45, 7) is 5.82. The van der Waals surface area contributed by atoms with Crippen LogP contribution >= 0.6 is 0 Å². The largest absolute Gasteiger partial charge is 0.340 e. The SMILES string of the molecule is C=Cc1ncc2c(n1)N(C1CCCC1)[C@H](CC)C(=O)N2C. The first-order valence-electron chi connectivity index (χ1n) is 7.72. The number of aromatic nitrogens is 2. The van der Waals surface area contributed by atoms with E-state index in [0.29, 0.717) is 11.9 Å². The van der Waals surface area contributed by atoms with E-state index in [1.54, 1.807) is 17.2 Å². The maximum atomic E-state index is 12.6. The Morgan fingerprint density at radius 1 is 1.43 bits per heavy atom. The average molecular weight is 286 g/mol. The topological polar surface area (TPSA) is 49.3 Å². The Kier molecular flexibility index (Phi) is 3.66. The summed E-state index contributed by atoms with van der Waals surface area (Å²) < 4.78 is 0. The molecule has 0 unspecified atom stereocenters. The van der Waals surface area contributed by atoms with E-state index in [0.717, 1.165) is 30.8 Å². The van der Waals surface area contributed by atoms with Crippen LogP contribution in [0.25, 0.3) is 6.08 Å². The monoisotopic (exact) mass is 286 g/mol. The van der Waals surface area contributed by atoms with Gasteiger partial charge in [0.25, 0.3) is 0 Å². The molecule has 1 aromatic rings. The molecule has 112 valence electrons. The molecule has 1 fully saturated rings. The number of anilines is 2. The molecule has 2 heterocycles. The van der Waals surface area contributed by atoms with E-state index in [-0.39, 0.29) is 11.9 Å². The number of carbonyl (C=O) groups is 1. The molecule has 1 amide bonds. The Hall–Kier alpha value is -1.91. The zero-order valence-corrected chi connectivity index (χ0v) is 12.7. The molecular formula is C16H22N4O. The molecule has 0 spiro atoms. The van der Waals surface area contributed by atoms with E-state index in [4.69, 9.17) is 0 Å². The standard InChI is InChI=1S/C16H22N4O/c1-4-12-16(21)19(3)13-10-17-14(5-2)18-15(13)20(12)11-8-6-7-9-11/h5,10-12H,2,4,6-9H2,1,3H3/t12-/m1/s1. The summed E-state index contributed by atoms with van der Waals surface area (Å²) in [6.07, 6.45) is 8.94. The molecule has 3 rings (SSSR count). The molecule has 1 aliphatic heterocycles. The molecule has 0 aromatic carbocycles. The van der Waals surface area contributed by atoms with Crippen LogP contribution in [0, 0.1) is 0 Å². The Morgan fingerprint density at radius 2 is 2.14 bits per heavy atom. The number of fused-ring (bicyclic) bond motifs is 1. The highest BCUT2D eigenvalue weighted by Gasteiger charge is 2.40. The minimum atomic E-state index is -0.113. The molecule has 1 saturated carbocycles. The zero-order chi connectivity index (χ0) is 15.0. The maximum Gasteiger partial charge on any atom is 0.249 e. The van der Waals surface area contributed by atoms with Crippen LogP contribution in [0.5, 0.6) is 0 Å². The second kappa shape index (κ2) is 5.47. The summed E-state index contributed by atoms with van der Waals surface area (Å²) in [4.78, 5) is 25.5. The minimum Gasteiger partial charge on any atom is -0.340 e. The number of amides is 1. The van der Waals surface area contributed by atoms with Crippen LogP contribution in [0.3, 0.4) is 0 Å². The lowest BCUT2D eigenvalue weighted by Gasteiger charge is -2.43. The van der Waals surface area contributed by atoms with Crippen molar-refractivity contribution in [3.63, 3.8) is 0 Å². The van der Waals surface area contributed by atoms with Crippen molar-refractivity contribution >= 4 is 23.5 Å². The molecule has 1 aromatic heterocycles. The Labute approximate surface area is 125 Å². The summed E-state index contributed by atoms with van der Waals surface area (Å²) in [7, 11) is 1.81. The van der Waals surface area contributed by atoms with Gasteiger partial charge in [-0.15, -0.1) is 0 Å². The normalized spacial score (nSPS) is 22.6. The number of rotatable bonds is 3. The first-order chi connectivity index (χ1) is 10.2. The van der Waals surface area contributed by atoms with Crippen LogP contribution < -0.4 is 9.80 Å².